The molecular weight excluding hydrogens is 352 g/mol. The Hall–Kier alpha value is -1.88. The fourth-order valence-corrected chi connectivity index (χ4v) is 3.32. The zero-order chi connectivity index (χ0) is 19.3. The van der Waals surface area contributed by atoms with Gasteiger partial charge in [-0.1, -0.05) is 62.4 Å². The molecule has 0 aliphatic rings. The van der Waals surface area contributed by atoms with Crippen LogP contribution in [-0.4, -0.2) is 32.7 Å². The zero-order valence-electron chi connectivity index (χ0n) is 16.9. The molecule has 0 unspecified atom stereocenters. The second kappa shape index (κ2) is 12.5. The largest absolute Gasteiger partial charge is 0.363 e. The van der Waals surface area contributed by atoms with Gasteiger partial charge in [0.05, 0.1) is 6.33 Å². The van der Waals surface area contributed by atoms with Crippen molar-refractivity contribution < 1.29 is 0 Å². The Bertz CT molecular complexity index is 637. The predicted molar refractivity (Wildman–Crippen MR) is 118 cm³/mol. The first-order valence-corrected chi connectivity index (χ1v) is 10.6. The standard InChI is InChI=1S/C22H34N4S/c1-3-4-5-6-7-13-24-22(27)26(16-8-15-25-17-14-23-19-25)18-21-11-9-20(2)10-12-21/h9-12,14,17,19H,3-8,13,15-16,18H2,1-2H3,(H,24,27). The molecule has 0 bridgehead atoms. The first-order valence-electron chi connectivity index (χ1n) is 10.2. The first kappa shape index (κ1) is 21.4. The Kier molecular flexibility index (Phi) is 9.91. The number of aryl methyl sites for hydroxylation is 2. The molecule has 0 atom stereocenters. The van der Waals surface area contributed by atoms with E-state index in [0.717, 1.165) is 37.7 Å². The van der Waals surface area contributed by atoms with E-state index in [4.69, 9.17) is 12.2 Å². The van der Waals surface area contributed by atoms with Crippen molar-refractivity contribution in [2.75, 3.05) is 13.1 Å². The number of nitrogens with zero attached hydrogens (tertiary/aromatic N) is 3. The van der Waals surface area contributed by atoms with E-state index in [2.05, 4.69) is 57.9 Å². The third-order valence-electron chi connectivity index (χ3n) is 4.74. The molecule has 0 aliphatic heterocycles. The van der Waals surface area contributed by atoms with Crippen molar-refractivity contribution in [3.05, 3.63) is 54.1 Å². The van der Waals surface area contributed by atoms with Crippen molar-refractivity contribution in [3.8, 4) is 0 Å². The fraction of sp³-hybridized carbons (Fsp3) is 0.545. The molecule has 27 heavy (non-hydrogen) atoms. The highest BCUT2D eigenvalue weighted by Crippen LogP contribution is 2.09. The number of hydrogen-bond donors (Lipinski definition) is 1. The van der Waals surface area contributed by atoms with Crippen molar-refractivity contribution in [2.45, 2.75) is 65.5 Å². The fourth-order valence-electron chi connectivity index (χ4n) is 3.07. The maximum Gasteiger partial charge on any atom is 0.169 e. The second-order valence-corrected chi connectivity index (χ2v) is 7.59. The SMILES string of the molecule is CCCCCCCNC(=S)N(CCCn1ccnc1)Cc1ccc(C)cc1. The monoisotopic (exact) mass is 386 g/mol. The Morgan fingerprint density at radius 1 is 1.11 bits per heavy atom. The topological polar surface area (TPSA) is 33.1 Å². The van der Waals surface area contributed by atoms with Crippen LogP contribution < -0.4 is 5.32 Å². The molecule has 148 valence electrons. The lowest BCUT2D eigenvalue weighted by molar-refractivity contribution is 0.384. The van der Waals surface area contributed by atoms with E-state index in [1.54, 1.807) is 0 Å². The number of benzene rings is 1. The molecule has 2 aromatic rings. The van der Waals surface area contributed by atoms with Crippen molar-refractivity contribution in [1.82, 2.24) is 19.8 Å². The smallest absolute Gasteiger partial charge is 0.169 e. The average Bonchev–Trinajstić information content (AvgIpc) is 3.18. The number of nitrogens with one attached hydrogen (secondary N) is 1. The summed E-state index contributed by atoms with van der Waals surface area (Å²) in [5, 5.41) is 4.35. The van der Waals surface area contributed by atoms with E-state index in [9.17, 15) is 0 Å². The molecule has 1 N–H and O–H groups in total. The molecule has 5 heteroatoms. The predicted octanol–water partition coefficient (Wildman–Crippen LogP) is 4.93. The highest BCUT2D eigenvalue weighted by Gasteiger charge is 2.10. The lowest BCUT2D eigenvalue weighted by Gasteiger charge is -2.26. The van der Waals surface area contributed by atoms with E-state index >= 15 is 0 Å². The van der Waals surface area contributed by atoms with Gasteiger partial charge in [-0.15, -0.1) is 0 Å². The summed E-state index contributed by atoms with van der Waals surface area (Å²) >= 11 is 5.71. The number of aromatic nitrogens is 2. The number of rotatable bonds is 12. The van der Waals surface area contributed by atoms with Crippen molar-refractivity contribution >= 4 is 17.3 Å². The first-order chi connectivity index (χ1) is 13.2. The van der Waals surface area contributed by atoms with Gasteiger partial charge in [0.25, 0.3) is 0 Å². The highest BCUT2D eigenvalue weighted by molar-refractivity contribution is 7.80. The summed E-state index contributed by atoms with van der Waals surface area (Å²) in [7, 11) is 0. The van der Waals surface area contributed by atoms with Crippen LogP contribution >= 0.6 is 12.2 Å². The van der Waals surface area contributed by atoms with Gasteiger partial charge in [-0.05, 0) is 37.5 Å². The third kappa shape index (κ3) is 8.57. The molecule has 0 spiro atoms. The summed E-state index contributed by atoms with van der Waals surface area (Å²) in [6.07, 6.45) is 13.2. The second-order valence-electron chi connectivity index (χ2n) is 7.21. The lowest BCUT2D eigenvalue weighted by Crippen LogP contribution is -2.40. The molecule has 0 saturated carbocycles. The summed E-state index contributed by atoms with van der Waals surface area (Å²) < 4.78 is 2.12. The Labute approximate surface area is 170 Å². The Morgan fingerprint density at radius 3 is 2.59 bits per heavy atom. The van der Waals surface area contributed by atoms with Crippen LogP contribution in [-0.2, 0) is 13.1 Å². The molecule has 0 fully saturated rings. The maximum atomic E-state index is 5.71. The molecule has 0 amide bonds. The van der Waals surface area contributed by atoms with E-state index in [-0.39, 0.29) is 0 Å². The van der Waals surface area contributed by atoms with Gasteiger partial charge in [0.1, 0.15) is 0 Å². The number of thiocarbonyl (C=S) groups is 1. The normalized spacial score (nSPS) is 10.7. The van der Waals surface area contributed by atoms with Gasteiger partial charge in [0.15, 0.2) is 5.11 Å². The minimum atomic E-state index is 0.853. The molecule has 0 aliphatic carbocycles. The van der Waals surface area contributed by atoms with Crippen LogP contribution in [0.15, 0.2) is 43.0 Å². The molecule has 0 radical (unpaired) electrons. The number of hydrogen-bond acceptors (Lipinski definition) is 2. The van der Waals surface area contributed by atoms with Gasteiger partial charge in [-0.3, -0.25) is 0 Å². The molecular formula is C22H34N4S. The van der Waals surface area contributed by atoms with Crippen molar-refractivity contribution in [3.63, 3.8) is 0 Å². The van der Waals surface area contributed by atoms with Crippen LogP contribution in [0.2, 0.25) is 0 Å². The minimum Gasteiger partial charge on any atom is -0.363 e. The van der Waals surface area contributed by atoms with Crippen LogP contribution in [0.1, 0.15) is 56.6 Å². The summed E-state index contributed by atoms with van der Waals surface area (Å²) in [5.41, 5.74) is 2.59. The van der Waals surface area contributed by atoms with Gasteiger partial charge < -0.3 is 14.8 Å². The quantitative estimate of drug-likeness (QED) is 0.414. The maximum absolute atomic E-state index is 5.71. The minimum absolute atomic E-state index is 0.853. The Balaban J connectivity index is 1.83. The van der Waals surface area contributed by atoms with E-state index in [1.807, 2.05) is 18.7 Å². The van der Waals surface area contributed by atoms with Gasteiger partial charge in [-0.25, -0.2) is 4.98 Å². The van der Waals surface area contributed by atoms with E-state index in [0.29, 0.717) is 0 Å². The molecule has 4 nitrogen and oxygen atoms in total. The average molecular weight is 387 g/mol. The van der Waals surface area contributed by atoms with Crippen LogP contribution in [0.3, 0.4) is 0 Å². The summed E-state index contributed by atoms with van der Waals surface area (Å²) in [5.74, 6) is 0. The molecule has 0 saturated heterocycles. The van der Waals surface area contributed by atoms with Crippen LogP contribution in [0.25, 0.3) is 0 Å². The highest BCUT2D eigenvalue weighted by atomic mass is 32.1. The van der Waals surface area contributed by atoms with E-state index in [1.165, 1.54) is 43.2 Å². The zero-order valence-corrected chi connectivity index (χ0v) is 17.7. The van der Waals surface area contributed by atoms with Crippen LogP contribution in [0.4, 0.5) is 0 Å². The lowest BCUT2D eigenvalue weighted by atomic mass is 10.1. The number of imidazole rings is 1. The van der Waals surface area contributed by atoms with E-state index < -0.39 is 0 Å². The van der Waals surface area contributed by atoms with Crippen LogP contribution in [0, 0.1) is 6.92 Å². The van der Waals surface area contributed by atoms with Crippen molar-refractivity contribution in [1.29, 1.82) is 0 Å². The molecule has 1 heterocycles. The van der Waals surface area contributed by atoms with Gasteiger partial charge in [0.2, 0.25) is 0 Å². The third-order valence-corrected chi connectivity index (χ3v) is 5.14. The molecule has 1 aromatic heterocycles. The van der Waals surface area contributed by atoms with Gasteiger partial charge >= 0.3 is 0 Å². The summed E-state index contributed by atoms with van der Waals surface area (Å²) in [4.78, 5) is 6.41. The summed E-state index contributed by atoms with van der Waals surface area (Å²) in [6.45, 7) is 8.09. The Morgan fingerprint density at radius 2 is 1.89 bits per heavy atom. The molecule has 2 rings (SSSR count). The van der Waals surface area contributed by atoms with Gasteiger partial charge in [0, 0.05) is 38.6 Å². The molecule has 1 aromatic carbocycles. The number of unbranched alkanes of at least 4 members (excludes halogenated alkanes) is 4. The summed E-state index contributed by atoms with van der Waals surface area (Å²) in [6, 6.07) is 8.74. The van der Waals surface area contributed by atoms with Crippen molar-refractivity contribution in [2.24, 2.45) is 0 Å². The van der Waals surface area contributed by atoms with Crippen LogP contribution in [0.5, 0.6) is 0 Å². The van der Waals surface area contributed by atoms with Gasteiger partial charge in [-0.2, -0.15) is 0 Å².